The molecular weight excluding hydrogens is 344 g/mol. The molecular formula is C13H21BrN2O3S. The molecule has 2 heterocycles. The van der Waals surface area contributed by atoms with Crippen LogP contribution in [0, 0.1) is 5.92 Å². The lowest BCUT2D eigenvalue weighted by molar-refractivity contribution is 0.445. The van der Waals surface area contributed by atoms with Gasteiger partial charge in [-0.1, -0.05) is 20.3 Å². The smallest absolute Gasteiger partial charge is 0.247 e. The lowest BCUT2D eigenvalue weighted by atomic mass is 10.1. The molecule has 1 fully saturated rings. The maximum Gasteiger partial charge on any atom is 0.247 e. The van der Waals surface area contributed by atoms with Gasteiger partial charge in [-0.25, -0.2) is 8.42 Å². The Morgan fingerprint density at radius 1 is 1.50 bits per heavy atom. The van der Waals surface area contributed by atoms with Crippen molar-refractivity contribution in [2.45, 2.75) is 38.1 Å². The van der Waals surface area contributed by atoms with Crippen LogP contribution in [0.15, 0.2) is 20.0 Å². The van der Waals surface area contributed by atoms with Crippen LogP contribution in [0.5, 0.6) is 0 Å². The van der Waals surface area contributed by atoms with E-state index >= 15 is 0 Å². The highest BCUT2D eigenvalue weighted by atomic mass is 79.9. The van der Waals surface area contributed by atoms with Crippen molar-refractivity contribution in [2.75, 3.05) is 19.6 Å². The van der Waals surface area contributed by atoms with Crippen LogP contribution in [0.3, 0.4) is 0 Å². The van der Waals surface area contributed by atoms with E-state index in [1.807, 2.05) is 6.92 Å². The number of hydrogen-bond donors (Lipinski definition) is 1. The third-order valence-electron chi connectivity index (χ3n) is 3.70. The van der Waals surface area contributed by atoms with Gasteiger partial charge in [0.15, 0.2) is 4.67 Å². The summed E-state index contributed by atoms with van der Waals surface area (Å²) in [6, 6.07) is 1.61. The molecule has 1 N–H and O–H groups in total. The fourth-order valence-corrected chi connectivity index (χ4v) is 4.89. The molecule has 1 aromatic rings. The molecule has 114 valence electrons. The summed E-state index contributed by atoms with van der Waals surface area (Å²) in [5, 5.41) is 3.12. The Morgan fingerprint density at radius 2 is 2.25 bits per heavy atom. The Kier molecular flexibility index (Phi) is 5.28. The highest BCUT2D eigenvalue weighted by Gasteiger charge is 2.34. The van der Waals surface area contributed by atoms with E-state index in [0.29, 0.717) is 36.0 Å². The Hall–Kier alpha value is -0.370. The molecule has 1 aliphatic rings. The molecule has 5 nitrogen and oxygen atoms in total. The van der Waals surface area contributed by atoms with Crippen molar-refractivity contribution in [3.63, 3.8) is 0 Å². The summed E-state index contributed by atoms with van der Waals surface area (Å²) in [5.41, 5.74) is 0. The quantitative estimate of drug-likeness (QED) is 0.842. The van der Waals surface area contributed by atoms with Crippen molar-refractivity contribution in [1.82, 2.24) is 9.62 Å². The van der Waals surface area contributed by atoms with Crippen molar-refractivity contribution >= 4 is 26.0 Å². The van der Waals surface area contributed by atoms with Gasteiger partial charge in [-0.3, -0.25) is 0 Å². The number of nitrogens with one attached hydrogen (secondary N) is 1. The molecule has 1 atom stereocenters. The standard InChI is InChI=1S/C13H21BrN2O3S/c1-3-10-5-6-16(9-10)20(17,18)12-7-11(8-15-4-2)19-13(12)14/h7,10,15H,3-6,8-9H2,1-2H3. The Labute approximate surface area is 128 Å². The second kappa shape index (κ2) is 6.60. The molecule has 0 aromatic carbocycles. The highest BCUT2D eigenvalue weighted by molar-refractivity contribution is 9.10. The maximum atomic E-state index is 12.6. The van der Waals surface area contributed by atoms with E-state index in [1.54, 1.807) is 10.4 Å². The van der Waals surface area contributed by atoms with Crippen molar-refractivity contribution < 1.29 is 12.8 Å². The maximum absolute atomic E-state index is 12.6. The second-order valence-corrected chi connectivity index (χ2v) is 7.68. The minimum absolute atomic E-state index is 0.238. The van der Waals surface area contributed by atoms with Crippen molar-refractivity contribution in [3.05, 3.63) is 16.5 Å². The summed E-state index contributed by atoms with van der Waals surface area (Å²) in [4.78, 5) is 0.238. The molecule has 1 unspecified atom stereocenters. The fraction of sp³-hybridized carbons (Fsp3) is 0.692. The zero-order valence-electron chi connectivity index (χ0n) is 11.9. The van der Waals surface area contributed by atoms with Crippen LogP contribution in [0.1, 0.15) is 32.4 Å². The normalized spacial score (nSPS) is 20.6. The van der Waals surface area contributed by atoms with Gasteiger partial charge in [-0.15, -0.1) is 0 Å². The van der Waals surface area contributed by atoms with E-state index in [2.05, 4.69) is 28.2 Å². The van der Waals surface area contributed by atoms with Gasteiger partial charge in [0.25, 0.3) is 0 Å². The van der Waals surface area contributed by atoms with Crippen molar-refractivity contribution in [3.8, 4) is 0 Å². The molecule has 0 saturated carbocycles. The van der Waals surface area contributed by atoms with Gasteiger partial charge in [0.05, 0.1) is 6.54 Å². The van der Waals surface area contributed by atoms with E-state index in [1.165, 1.54) is 0 Å². The topological polar surface area (TPSA) is 62.6 Å². The summed E-state index contributed by atoms with van der Waals surface area (Å²) < 4.78 is 32.6. The Bertz CT molecular complexity index is 556. The van der Waals surface area contributed by atoms with Crippen LogP contribution in [-0.4, -0.2) is 32.4 Å². The van der Waals surface area contributed by atoms with Crippen LogP contribution < -0.4 is 5.32 Å². The summed E-state index contributed by atoms with van der Waals surface area (Å²) in [6.07, 6.45) is 1.96. The average molecular weight is 365 g/mol. The molecule has 0 aliphatic carbocycles. The minimum Gasteiger partial charge on any atom is -0.452 e. The van der Waals surface area contributed by atoms with E-state index in [9.17, 15) is 8.42 Å². The molecule has 1 saturated heterocycles. The lowest BCUT2D eigenvalue weighted by Gasteiger charge is -2.15. The predicted octanol–water partition coefficient (Wildman–Crippen LogP) is 2.57. The fourth-order valence-electron chi connectivity index (χ4n) is 2.40. The summed E-state index contributed by atoms with van der Waals surface area (Å²) in [7, 11) is -3.45. The summed E-state index contributed by atoms with van der Waals surface area (Å²) in [6.45, 7) is 6.64. The number of furan rings is 1. The van der Waals surface area contributed by atoms with Gasteiger partial charge in [0.1, 0.15) is 10.7 Å². The first kappa shape index (κ1) is 16.0. The van der Waals surface area contributed by atoms with Crippen molar-refractivity contribution in [2.24, 2.45) is 5.92 Å². The van der Waals surface area contributed by atoms with Crippen LogP contribution in [0.2, 0.25) is 0 Å². The van der Waals surface area contributed by atoms with Crippen LogP contribution in [-0.2, 0) is 16.6 Å². The van der Waals surface area contributed by atoms with Gasteiger partial charge >= 0.3 is 0 Å². The van der Waals surface area contributed by atoms with Gasteiger partial charge in [0.2, 0.25) is 10.0 Å². The molecule has 1 aliphatic heterocycles. The molecule has 1 aromatic heterocycles. The molecule has 0 amide bonds. The minimum atomic E-state index is -3.45. The average Bonchev–Trinajstić information content (AvgIpc) is 3.03. The second-order valence-electron chi connectivity index (χ2n) is 5.06. The number of hydrogen-bond acceptors (Lipinski definition) is 4. The van der Waals surface area contributed by atoms with Crippen LogP contribution in [0.4, 0.5) is 0 Å². The molecule has 20 heavy (non-hydrogen) atoms. The third-order valence-corrected chi connectivity index (χ3v) is 6.42. The number of nitrogens with zero attached hydrogens (tertiary/aromatic N) is 1. The largest absolute Gasteiger partial charge is 0.452 e. The summed E-state index contributed by atoms with van der Waals surface area (Å²) >= 11 is 3.22. The number of halogens is 1. The Balaban J connectivity index is 2.19. The molecule has 0 radical (unpaired) electrons. The van der Waals surface area contributed by atoms with Gasteiger partial charge in [-0.05, 0) is 34.8 Å². The monoisotopic (exact) mass is 364 g/mol. The first-order valence-corrected chi connectivity index (χ1v) is 9.21. The zero-order valence-corrected chi connectivity index (χ0v) is 14.3. The highest BCUT2D eigenvalue weighted by Crippen LogP contribution is 2.32. The third kappa shape index (κ3) is 3.27. The molecule has 0 bridgehead atoms. The Morgan fingerprint density at radius 3 is 2.85 bits per heavy atom. The first-order chi connectivity index (χ1) is 9.48. The summed E-state index contributed by atoms with van der Waals surface area (Å²) in [5.74, 6) is 1.10. The van der Waals surface area contributed by atoms with Gasteiger partial charge in [-0.2, -0.15) is 4.31 Å². The lowest BCUT2D eigenvalue weighted by Crippen LogP contribution is -2.28. The SMILES string of the molecule is CCNCc1cc(S(=O)(=O)N2CCC(CC)C2)c(Br)o1. The van der Waals surface area contributed by atoms with E-state index < -0.39 is 10.0 Å². The number of rotatable bonds is 6. The molecule has 2 rings (SSSR count). The molecule has 7 heteroatoms. The predicted molar refractivity (Wildman–Crippen MR) is 80.9 cm³/mol. The number of sulfonamides is 1. The van der Waals surface area contributed by atoms with E-state index in [0.717, 1.165) is 19.4 Å². The zero-order chi connectivity index (χ0) is 14.8. The van der Waals surface area contributed by atoms with Gasteiger partial charge in [0, 0.05) is 19.2 Å². The van der Waals surface area contributed by atoms with Crippen molar-refractivity contribution in [1.29, 1.82) is 0 Å². The first-order valence-electron chi connectivity index (χ1n) is 6.98. The van der Waals surface area contributed by atoms with Gasteiger partial charge < -0.3 is 9.73 Å². The van der Waals surface area contributed by atoms with E-state index in [-0.39, 0.29) is 4.90 Å². The molecule has 0 spiro atoms. The van der Waals surface area contributed by atoms with E-state index in [4.69, 9.17) is 4.42 Å². The van der Waals surface area contributed by atoms with Crippen LogP contribution in [0.25, 0.3) is 0 Å². The van der Waals surface area contributed by atoms with Crippen LogP contribution >= 0.6 is 15.9 Å².